The molecule has 1 aromatic rings. The van der Waals surface area contributed by atoms with Crippen molar-refractivity contribution >= 4 is 11.6 Å². The number of hydrogen-bond acceptors (Lipinski definition) is 5. The lowest BCUT2D eigenvalue weighted by Crippen LogP contribution is -2.42. The Labute approximate surface area is 160 Å². The van der Waals surface area contributed by atoms with Gasteiger partial charge in [0.25, 0.3) is 0 Å². The monoisotopic (exact) mass is 380 g/mol. The van der Waals surface area contributed by atoms with Crippen molar-refractivity contribution in [2.45, 2.75) is 25.0 Å². The predicted molar refractivity (Wildman–Crippen MR) is 102 cm³/mol. The summed E-state index contributed by atoms with van der Waals surface area (Å²) in [5, 5.41) is 11.2. The third-order valence-corrected chi connectivity index (χ3v) is 6.32. The number of hydrogen-bond donors (Lipinski definition) is 1. The van der Waals surface area contributed by atoms with Gasteiger partial charge in [0.15, 0.2) is 0 Å². The molecule has 5 nitrogen and oxygen atoms in total. The van der Waals surface area contributed by atoms with Crippen LogP contribution in [-0.2, 0) is 4.74 Å². The van der Waals surface area contributed by atoms with Crippen LogP contribution in [0.15, 0.2) is 24.3 Å². The van der Waals surface area contributed by atoms with Gasteiger partial charge in [-0.15, -0.1) is 0 Å². The van der Waals surface area contributed by atoms with E-state index in [0.29, 0.717) is 16.9 Å². The molecule has 2 saturated heterocycles. The van der Waals surface area contributed by atoms with Crippen molar-refractivity contribution in [3.63, 3.8) is 0 Å². The fourth-order valence-corrected chi connectivity index (χ4v) is 4.80. The van der Waals surface area contributed by atoms with Crippen LogP contribution in [0.25, 0.3) is 0 Å². The molecule has 0 bridgehead atoms. The maximum atomic E-state index is 10.6. The van der Waals surface area contributed by atoms with Gasteiger partial charge >= 0.3 is 0 Å². The maximum absolute atomic E-state index is 10.6. The molecule has 0 spiro atoms. The molecular weight excluding hydrogens is 352 g/mol. The van der Waals surface area contributed by atoms with Crippen LogP contribution in [0.5, 0.6) is 5.75 Å². The molecule has 0 amide bonds. The summed E-state index contributed by atoms with van der Waals surface area (Å²) in [6.07, 6.45) is 1.24. The Kier molecular flexibility index (Phi) is 6.01. The maximum Gasteiger partial charge on any atom is 0.125 e. The average molecular weight is 381 g/mol. The summed E-state index contributed by atoms with van der Waals surface area (Å²) < 4.78 is 11.5. The molecule has 1 N–H and O–H groups in total. The van der Waals surface area contributed by atoms with Gasteiger partial charge in [-0.05, 0) is 42.9 Å². The minimum absolute atomic E-state index is 0.131. The fourth-order valence-electron chi connectivity index (χ4n) is 4.62. The highest BCUT2D eigenvalue weighted by molar-refractivity contribution is 6.30. The van der Waals surface area contributed by atoms with Crippen LogP contribution >= 0.6 is 11.6 Å². The van der Waals surface area contributed by atoms with Gasteiger partial charge in [0, 0.05) is 44.3 Å². The van der Waals surface area contributed by atoms with Crippen molar-refractivity contribution in [3.05, 3.63) is 29.3 Å². The molecule has 1 aliphatic carbocycles. The van der Waals surface area contributed by atoms with E-state index in [1.54, 1.807) is 0 Å². The van der Waals surface area contributed by atoms with Gasteiger partial charge in [-0.25, -0.2) is 0 Å². The van der Waals surface area contributed by atoms with Crippen LogP contribution in [0.4, 0.5) is 0 Å². The Hall–Kier alpha value is -0.850. The van der Waals surface area contributed by atoms with Gasteiger partial charge in [-0.3, -0.25) is 4.90 Å². The van der Waals surface area contributed by atoms with E-state index < -0.39 is 6.10 Å². The van der Waals surface area contributed by atoms with E-state index in [2.05, 4.69) is 9.80 Å². The van der Waals surface area contributed by atoms with E-state index in [9.17, 15) is 5.11 Å². The second kappa shape index (κ2) is 8.44. The molecule has 6 heteroatoms. The summed E-state index contributed by atoms with van der Waals surface area (Å²) in [5.41, 5.74) is 0. The quantitative estimate of drug-likeness (QED) is 0.847. The van der Waals surface area contributed by atoms with E-state index in [0.717, 1.165) is 71.1 Å². The Morgan fingerprint density at radius 1 is 1.08 bits per heavy atom. The van der Waals surface area contributed by atoms with Crippen molar-refractivity contribution in [3.8, 4) is 5.75 Å². The zero-order valence-electron chi connectivity index (χ0n) is 15.2. The summed E-state index contributed by atoms with van der Waals surface area (Å²) in [5.74, 6) is 1.96. The number of benzene rings is 1. The molecule has 1 saturated carbocycles. The van der Waals surface area contributed by atoms with E-state index in [4.69, 9.17) is 21.1 Å². The number of aliphatic hydroxyl groups is 1. The Morgan fingerprint density at radius 3 is 2.58 bits per heavy atom. The van der Waals surface area contributed by atoms with Crippen molar-refractivity contribution in [1.29, 1.82) is 0 Å². The van der Waals surface area contributed by atoms with Crippen molar-refractivity contribution in [2.75, 3.05) is 52.5 Å². The third kappa shape index (κ3) is 4.52. The Bertz CT molecular complexity index is 596. The number of morpholine rings is 1. The van der Waals surface area contributed by atoms with E-state index in [1.165, 1.54) is 0 Å². The highest BCUT2D eigenvalue weighted by Crippen LogP contribution is 2.38. The molecule has 2 heterocycles. The minimum Gasteiger partial charge on any atom is -0.488 e. The number of nitrogens with zero attached hydrogens (tertiary/aromatic N) is 2. The van der Waals surface area contributed by atoms with Crippen molar-refractivity contribution in [1.82, 2.24) is 9.80 Å². The number of likely N-dealkylation sites (tertiary alicyclic amines) is 1. The second-order valence-corrected chi connectivity index (χ2v) is 8.32. The molecule has 3 aliphatic rings. The molecule has 0 unspecified atom stereocenters. The molecule has 4 atom stereocenters. The molecule has 0 radical (unpaired) electrons. The Morgan fingerprint density at radius 2 is 1.81 bits per heavy atom. The first-order valence-electron chi connectivity index (χ1n) is 9.80. The van der Waals surface area contributed by atoms with Gasteiger partial charge in [-0.1, -0.05) is 17.7 Å². The Balaban J connectivity index is 1.28. The van der Waals surface area contributed by atoms with Crippen LogP contribution in [-0.4, -0.2) is 79.6 Å². The lowest BCUT2D eigenvalue weighted by Gasteiger charge is -2.35. The predicted octanol–water partition coefficient (Wildman–Crippen LogP) is 2.12. The summed E-state index contributed by atoms with van der Waals surface area (Å²) in [7, 11) is 0. The molecule has 1 aromatic carbocycles. The van der Waals surface area contributed by atoms with Gasteiger partial charge in [-0.2, -0.15) is 0 Å². The van der Waals surface area contributed by atoms with Gasteiger partial charge in [0.1, 0.15) is 11.9 Å². The molecule has 26 heavy (non-hydrogen) atoms. The summed E-state index contributed by atoms with van der Waals surface area (Å²) in [6.45, 7) is 8.29. The van der Waals surface area contributed by atoms with Crippen molar-refractivity contribution in [2.24, 2.45) is 11.8 Å². The van der Waals surface area contributed by atoms with Crippen LogP contribution in [0.1, 0.15) is 12.8 Å². The van der Waals surface area contributed by atoms with Crippen LogP contribution in [0.3, 0.4) is 0 Å². The molecule has 144 valence electrons. The second-order valence-electron chi connectivity index (χ2n) is 7.89. The number of fused-ring (bicyclic) bond motifs is 1. The number of halogens is 1. The highest BCUT2D eigenvalue weighted by Gasteiger charge is 2.42. The lowest BCUT2D eigenvalue weighted by atomic mass is 9.78. The summed E-state index contributed by atoms with van der Waals surface area (Å²) in [4.78, 5) is 5.06. The number of ether oxygens (including phenoxy) is 2. The van der Waals surface area contributed by atoms with E-state index >= 15 is 0 Å². The highest BCUT2D eigenvalue weighted by atomic mass is 35.5. The SMILES string of the molecule is O[C@@H]1C[C@H]2CN(CCN3CCOCC3)C[C@H]2C[C@H]1Oc1cccc(Cl)c1. The third-order valence-electron chi connectivity index (χ3n) is 6.08. The minimum atomic E-state index is -0.394. The zero-order chi connectivity index (χ0) is 17.9. The molecule has 3 fully saturated rings. The van der Waals surface area contributed by atoms with Gasteiger partial charge < -0.3 is 19.5 Å². The number of aliphatic hydroxyl groups excluding tert-OH is 1. The smallest absolute Gasteiger partial charge is 0.125 e. The van der Waals surface area contributed by atoms with Crippen LogP contribution in [0.2, 0.25) is 5.02 Å². The first-order valence-corrected chi connectivity index (χ1v) is 10.2. The summed E-state index contributed by atoms with van der Waals surface area (Å²) in [6, 6.07) is 7.46. The van der Waals surface area contributed by atoms with Gasteiger partial charge in [0.05, 0.1) is 19.3 Å². The molecular formula is C20H29ClN2O3. The number of rotatable bonds is 5. The molecule has 2 aliphatic heterocycles. The first-order chi connectivity index (χ1) is 12.7. The molecule has 4 rings (SSSR count). The lowest BCUT2D eigenvalue weighted by molar-refractivity contribution is -0.0231. The van der Waals surface area contributed by atoms with E-state index in [-0.39, 0.29) is 6.10 Å². The van der Waals surface area contributed by atoms with Crippen molar-refractivity contribution < 1.29 is 14.6 Å². The topological polar surface area (TPSA) is 45.2 Å². The van der Waals surface area contributed by atoms with Crippen LogP contribution < -0.4 is 4.74 Å². The standard InChI is InChI=1S/C20H29ClN2O3/c21-17-2-1-3-18(12-17)26-20-11-16-14-23(13-15(16)10-19(20)24)5-4-22-6-8-25-9-7-22/h1-3,12,15-16,19-20,24H,4-11,13-14H2/t15-,16+,19+,20+/m0/s1. The first kappa shape index (κ1) is 18.5. The van der Waals surface area contributed by atoms with Gasteiger partial charge in [0.2, 0.25) is 0 Å². The van der Waals surface area contributed by atoms with E-state index in [1.807, 2.05) is 24.3 Å². The largest absolute Gasteiger partial charge is 0.488 e. The zero-order valence-corrected chi connectivity index (χ0v) is 16.0. The molecule has 0 aromatic heterocycles. The fraction of sp³-hybridized carbons (Fsp3) is 0.700. The summed E-state index contributed by atoms with van der Waals surface area (Å²) >= 11 is 6.04. The van der Waals surface area contributed by atoms with Crippen LogP contribution in [0, 0.1) is 11.8 Å². The normalized spacial score (nSPS) is 33.2. The average Bonchev–Trinajstić information content (AvgIpc) is 3.03.